The summed E-state index contributed by atoms with van der Waals surface area (Å²) in [6, 6.07) is 6.50. The average molecular weight is 262 g/mol. The molecule has 0 aliphatic carbocycles. The monoisotopic (exact) mass is 262 g/mol. The molecule has 0 unspecified atom stereocenters. The molecular weight excluding hydrogens is 236 g/mol. The van der Waals surface area contributed by atoms with Gasteiger partial charge in [0.25, 0.3) is 0 Å². The molecule has 1 aliphatic heterocycles. The van der Waals surface area contributed by atoms with Gasteiger partial charge in [0, 0.05) is 18.7 Å². The van der Waals surface area contributed by atoms with Crippen molar-refractivity contribution < 1.29 is 4.74 Å². The molecule has 0 bridgehead atoms. The van der Waals surface area contributed by atoms with Gasteiger partial charge in [-0.15, -0.1) is 0 Å². The summed E-state index contributed by atoms with van der Waals surface area (Å²) in [4.78, 5) is 2.54. The van der Waals surface area contributed by atoms with Gasteiger partial charge in [-0.2, -0.15) is 0 Å². The summed E-state index contributed by atoms with van der Waals surface area (Å²) in [5.41, 5.74) is 2.63. The van der Waals surface area contributed by atoms with Crippen LogP contribution in [0.5, 0.6) is 5.75 Å². The molecular formula is C16H26N2O. The van der Waals surface area contributed by atoms with Gasteiger partial charge in [-0.3, -0.25) is 4.90 Å². The number of benzene rings is 1. The molecule has 0 saturated carbocycles. The minimum atomic E-state index is 0.883. The maximum Gasteiger partial charge on any atom is 0.123 e. The lowest BCUT2D eigenvalue weighted by Gasteiger charge is -2.30. The minimum absolute atomic E-state index is 0.883. The van der Waals surface area contributed by atoms with E-state index in [-0.39, 0.29) is 0 Å². The Morgan fingerprint density at radius 2 is 2.05 bits per heavy atom. The zero-order valence-electron chi connectivity index (χ0n) is 12.4. The van der Waals surface area contributed by atoms with Crippen molar-refractivity contribution in [2.45, 2.75) is 32.9 Å². The van der Waals surface area contributed by atoms with E-state index in [0.717, 1.165) is 24.8 Å². The van der Waals surface area contributed by atoms with Crippen LogP contribution in [0, 0.1) is 5.92 Å². The van der Waals surface area contributed by atoms with Crippen LogP contribution in [0.2, 0.25) is 0 Å². The van der Waals surface area contributed by atoms with Gasteiger partial charge in [0.15, 0.2) is 0 Å². The van der Waals surface area contributed by atoms with Crippen LogP contribution in [-0.2, 0) is 13.1 Å². The Bertz CT molecular complexity index is 398. The van der Waals surface area contributed by atoms with Gasteiger partial charge in [0.2, 0.25) is 0 Å². The number of ether oxygens (including phenoxy) is 1. The molecule has 0 radical (unpaired) electrons. The van der Waals surface area contributed by atoms with E-state index in [1.165, 1.54) is 37.1 Å². The number of piperidine rings is 1. The van der Waals surface area contributed by atoms with Crippen LogP contribution in [-0.4, -0.2) is 32.1 Å². The lowest BCUT2D eigenvalue weighted by molar-refractivity contribution is 0.183. The summed E-state index contributed by atoms with van der Waals surface area (Å²) >= 11 is 0. The largest absolute Gasteiger partial charge is 0.496 e. The highest BCUT2D eigenvalue weighted by molar-refractivity contribution is 5.37. The molecule has 2 rings (SSSR count). The molecule has 1 aliphatic rings. The van der Waals surface area contributed by atoms with Crippen molar-refractivity contribution >= 4 is 0 Å². The van der Waals surface area contributed by atoms with Crippen LogP contribution >= 0.6 is 0 Å². The Kier molecular flexibility index (Phi) is 5.23. The lowest BCUT2D eigenvalue weighted by Crippen LogP contribution is -2.32. The zero-order valence-corrected chi connectivity index (χ0v) is 12.4. The highest BCUT2D eigenvalue weighted by Gasteiger charge is 2.17. The third-order valence-electron chi connectivity index (χ3n) is 4.00. The fraction of sp³-hybridized carbons (Fsp3) is 0.625. The maximum atomic E-state index is 5.49. The number of hydrogen-bond acceptors (Lipinski definition) is 3. The average Bonchev–Trinajstić information content (AvgIpc) is 2.42. The van der Waals surface area contributed by atoms with Gasteiger partial charge < -0.3 is 10.1 Å². The third kappa shape index (κ3) is 3.95. The zero-order chi connectivity index (χ0) is 13.7. The first-order chi connectivity index (χ1) is 9.22. The standard InChI is InChI=1S/C16H26N2O/c1-13-6-8-18(9-7-13)12-15-10-14(11-17-2)4-5-16(15)19-3/h4-5,10,13,17H,6-9,11-12H2,1-3H3. The van der Waals surface area contributed by atoms with Crippen LogP contribution < -0.4 is 10.1 Å². The Morgan fingerprint density at radius 1 is 1.32 bits per heavy atom. The molecule has 3 heteroatoms. The number of hydrogen-bond donors (Lipinski definition) is 1. The van der Waals surface area contributed by atoms with Crippen LogP contribution in [0.1, 0.15) is 30.9 Å². The first kappa shape index (κ1) is 14.4. The van der Waals surface area contributed by atoms with Crippen molar-refractivity contribution in [3.8, 4) is 5.75 Å². The Morgan fingerprint density at radius 3 is 2.68 bits per heavy atom. The van der Waals surface area contributed by atoms with Crippen LogP contribution in [0.4, 0.5) is 0 Å². The predicted molar refractivity (Wildman–Crippen MR) is 79.4 cm³/mol. The number of methoxy groups -OCH3 is 1. The topological polar surface area (TPSA) is 24.5 Å². The van der Waals surface area contributed by atoms with Gasteiger partial charge in [-0.25, -0.2) is 0 Å². The Hall–Kier alpha value is -1.06. The second-order valence-electron chi connectivity index (χ2n) is 5.64. The molecule has 0 aromatic heterocycles. The number of nitrogens with zero attached hydrogens (tertiary/aromatic N) is 1. The van der Waals surface area contributed by atoms with E-state index in [0.29, 0.717) is 0 Å². The van der Waals surface area contributed by atoms with Gasteiger partial charge in [-0.05, 0) is 56.6 Å². The molecule has 106 valence electrons. The van der Waals surface area contributed by atoms with E-state index in [1.54, 1.807) is 7.11 Å². The normalized spacial score (nSPS) is 17.6. The molecule has 19 heavy (non-hydrogen) atoms. The van der Waals surface area contributed by atoms with Gasteiger partial charge >= 0.3 is 0 Å². The van der Waals surface area contributed by atoms with E-state index in [1.807, 2.05) is 7.05 Å². The smallest absolute Gasteiger partial charge is 0.123 e. The Labute approximate surface area is 116 Å². The molecule has 0 spiro atoms. The number of rotatable bonds is 5. The van der Waals surface area contributed by atoms with E-state index in [4.69, 9.17) is 4.74 Å². The van der Waals surface area contributed by atoms with Crippen LogP contribution in [0.25, 0.3) is 0 Å². The van der Waals surface area contributed by atoms with E-state index >= 15 is 0 Å². The molecule has 0 atom stereocenters. The minimum Gasteiger partial charge on any atom is -0.496 e. The van der Waals surface area contributed by atoms with Crippen molar-refractivity contribution in [2.24, 2.45) is 5.92 Å². The second-order valence-corrected chi connectivity index (χ2v) is 5.64. The molecule has 0 amide bonds. The van der Waals surface area contributed by atoms with Gasteiger partial charge in [-0.1, -0.05) is 13.0 Å². The van der Waals surface area contributed by atoms with Crippen molar-refractivity contribution in [2.75, 3.05) is 27.2 Å². The van der Waals surface area contributed by atoms with E-state index in [2.05, 4.69) is 35.3 Å². The summed E-state index contributed by atoms with van der Waals surface area (Å²) < 4.78 is 5.49. The fourth-order valence-corrected chi connectivity index (χ4v) is 2.73. The lowest BCUT2D eigenvalue weighted by atomic mass is 9.98. The maximum absolute atomic E-state index is 5.49. The van der Waals surface area contributed by atoms with Gasteiger partial charge in [0.05, 0.1) is 7.11 Å². The number of nitrogens with one attached hydrogen (secondary N) is 1. The SMILES string of the molecule is CNCc1ccc(OC)c(CN2CCC(C)CC2)c1. The van der Waals surface area contributed by atoms with E-state index in [9.17, 15) is 0 Å². The quantitative estimate of drug-likeness (QED) is 0.883. The first-order valence-corrected chi connectivity index (χ1v) is 7.25. The molecule has 1 aromatic carbocycles. The van der Waals surface area contributed by atoms with Crippen LogP contribution in [0.3, 0.4) is 0 Å². The summed E-state index contributed by atoms with van der Waals surface area (Å²) in [5.74, 6) is 1.90. The Balaban J connectivity index is 2.06. The first-order valence-electron chi connectivity index (χ1n) is 7.25. The summed E-state index contributed by atoms with van der Waals surface area (Å²) in [7, 11) is 3.74. The predicted octanol–water partition coefficient (Wildman–Crippen LogP) is 2.65. The summed E-state index contributed by atoms with van der Waals surface area (Å²) in [6.45, 7) is 6.69. The molecule has 1 fully saturated rings. The molecule has 3 nitrogen and oxygen atoms in total. The third-order valence-corrected chi connectivity index (χ3v) is 4.00. The molecule has 1 heterocycles. The van der Waals surface area contributed by atoms with Crippen molar-refractivity contribution in [3.05, 3.63) is 29.3 Å². The second kappa shape index (κ2) is 6.92. The molecule has 1 N–H and O–H groups in total. The molecule has 1 aromatic rings. The summed E-state index contributed by atoms with van der Waals surface area (Å²) in [5, 5.41) is 3.20. The van der Waals surface area contributed by atoms with Crippen molar-refractivity contribution in [1.29, 1.82) is 0 Å². The van der Waals surface area contributed by atoms with Crippen molar-refractivity contribution in [1.82, 2.24) is 10.2 Å². The van der Waals surface area contributed by atoms with Gasteiger partial charge in [0.1, 0.15) is 5.75 Å². The summed E-state index contributed by atoms with van der Waals surface area (Å²) in [6.07, 6.45) is 2.64. The number of likely N-dealkylation sites (tertiary alicyclic amines) is 1. The van der Waals surface area contributed by atoms with Crippen molar-refractivity contribution in [3.63, 3.8) is 0 Å². The van der Waals surface area contributed by atoms with Crippen LogP contribution in [0.15, 0.2) is 18.2 Å². The fourth-order valence-electron chi connectivity index (χ4n) is 2.73. The molecule has 1 saturated heterocycles. The highest BCUT2D eigenvalue weighted by Crippen LogP contribution is 2.24. The highest BCUT2D eigenvalue weighted by atomic mass is 16.5. The van der Waals surface area contributed by atoms with E-state index < -0.39 is 0 Å².